The minimum Gasteiger partial charge on any atom is -0.495 e. The number of rotatable bonds is 5. The van der Waals surface area contributed by atoms with Gasteiger partial charge in [-0.1, -0.05) is 0 Å². The number of furan rings is 1. The van der Waals surface area contributed by atoms with Crippen LogP contribution in [0.5, 0.6) is 11.5 Å². The van der Waals surface area contributed by atoms with Gasteiger partial charge in [-0.05, 0) is 48.1 Å². The molecule has 0 saturated heterocycles. The van der Waals surface area contributed by atoms with Crippen LogP contribution in [0.25, 0.3) is 0 Å². The van der Waals surface area contributed by atoms with Gasteiger partial charge in [0.25, 0.3) is 0 Å². The Morgan fingerprint density at radius 3 is 2.50 bits per heavy atom. The van der Waals surface area contributed by atoms with Crippen molar-refractivity contribution in [3.8, 4) is 11.5 Å². The lowest BCUT2D eigenvalue weighted by Crippen LogP contribution is -2.18. The van der Waals surface area contributed by atoms with Crippen LogP contribution >= 0.6 is 15.9 Å². The first-order valence-corrected chi connectivity index (χ1v) is 7.04. The van der Waals surface area contributed by atoms with Gasteiger partial charge < -0.3 is 19.2 Å². The maximum atomic E-state index is 5.53. The van der Waals surface area contributed by atoms with Crippen molar-refractivity contribution in [3.05, 3.63) is 45.8 Å². The molecule has 0 aliphatic carbocycles. The second-order valence-electron chi connectivity index (χ2n) is 4.42. The van der Waals surface area contributed by atoms with Crippen molar-refractivity contribution in [1.82, 2.24) is 5.32 Å². The van der Waals surface area contributed by atoms with E-state index in [2.05, 4.69) is 21.2 Å². The molecule has 0 amide bonds. The minimum atomic E-state index is -0.00962. The lowest BCUT2D eigenvalue weighted by Gasteiger charge is -2.20. The average molecular weight is 340 g/mol. The van der Waals surface area contributed by atoms with Gasteiger partial charge in [0.1, 0.15) is 21.7 Å². The molecule has 0 aliphatic rings. The van der Waals surface area contributed by atoms with Gasteiger partial charge in [-0.3, -0.25) is 0 Å². The maximum absolute atomic E-state index is 5.53. The molecule has 2 aromatic rings. The van der Waals surface area contributed by atoms with Gasteiger partial charge in [0.05, 0.1) is 26.5 Å². The molecule has 20 heavy (non-hydrogen) atoms. The Hall–Kier alpha value is -1.46. The summed E-state index contributed by atoms with van der Waals surface area (Å²) in [6.45, 7) is 1.93. The van der Waals surface area contributed by atoms with Gasteiger partial charge in [-0.2, -0.15) is 0 Å². The highest BCUT2D eigenvalue weighted by Gasteiger charge is 2.21. The molecule has 0 spiro atoms. The van der Waals surface area contributed by atoms with Gasteiger partial charge >= 0.3 is 0 Å². The maximum Gasteiger partial charge on any atom is 0.141 e. The van der Waals surface area contributed by atoms with Crippen molar-refractivity contribution < 1.29 is 13.9 Å². The van der Waals surface area contributed by atoms with E-state index in [1.807, 2.05) is 32.2 Å². The highest BCUT2D eigenvalue weighted by Crippen LogP contribution is 2.41. The lowest BCUT2D eigenvalue weighted by molar-refractivity contribution is 0.383. The Bertz CT molecular complexity index is 595. The Morgan fingerprint density at radius 2 is 2.00 bits per heavy atom. The number of halogens is 1. The number of nitrogens with one attached hydrogen (secondary N) is 1. The lowest BCUT2D eigenvalue weighted by atomic mass is 10.00. The number of methoxy groups -OCH3 is 2. The summed E-state index contributed by atoms with van der Waals surface area (Å²) in [4.78, 5) is 0. The van der Waals surface area contributed by atoms with Crippen molar-refractivity contribution in [3.63, 3.8) is 0 Å². The summed E-state index contributed by atoms with van der Waals surface area (Å²) in [5.41, 5.74) is 2.07. The number of hydrogen-bond donors (Lipinski definition) is 1. The topological polar surface area (TPSA) is 43.6 Å². The molecule has 1 atom stereocenters. The van der Waals surface area contributed by atoms with Crippen LogP contribution in [-0.2, 0) is 0 Å². The van der Waals surface area contributed by atoms with E-state index in [-0.39, 0.29) is 6.04 Å². The van der Waals surface area contributed by atoms with Crippen LogP contribution in [0.4, 0.5) is 0 Å². The Labute approximate surface area is 127 Å². The monoisotopic (exact) mass is 339 g/mol. The molecule has 0 saturated carbocycles. The molecule has 5 heteroatoms. The fourth-order valence-corrected chi connectivity index (χ4v) is 2.95. The molecule has 0 fully saturated rings. The standard InChI is InChI=1S/C15H18BrNO3/c1-9-7-10(8-20-9)14(17-2)11-5-6-12(18-3)13(16)15(11)19-4/h5-8,14,17H,1-4H3. The van der Waals surface area contributed by atoms with Gasteiger partial charge in [0, 0.05) is 11.1 Å². The largest absolute Gasteiger partial charge is 0.495 e. The molecule has 0 radical (unpaired) electrons. The fourth-order valence-electron chi connectivity index (χ4n) is 2.26. The zero-order chi connectivity index (χ0) is 14.7. The van der Waals surface area contributed by atoms with Crippen LogP contribution in [-0.4, -0.2) is 21.3 Å². The number of hydrogen-bond acceptors (Lipinski definition) is 4. The first-order chi connectivity index (χ1) is 9.62. The molecular weight excluding hydrogens is 322 g/mol. The molecule has 1 heterocycles. The van der Waals surface area contributed by atoms with Crippen molar-refractivity contribution in [1.29, 1.82) is 0 Å². The van der Waals surface area contributed by atoms with E-state index in [9.17, 15) is 0 Å². The summed E-state index contributed by atoms with van der Waals surface area (Å²) in [6.07, 6.45) is 1.76. The van der Waals surface area contributed by atoms with Crippen LogP contribution < -0.4 is 14.8 Å². The van der Waals surface area contributed by atoms with E-state index in [1.165, 1.54) is 0 Å². The molecule has 1 unspecified atom stereocenters. The summed E-state index contributed by atoms with van der Waals surface area (Å²) in [5, 5.41) is 3.29. The van der Waals surface area contributed by atoms with E-state index in [0.29, 0.717) is 0 Å². The summed E-state index contributed by atoms with van der Waals surface area (Å²) in [6, 6.07) is 5.91. The summed E-state index contributed by atoms with van der Waals surface area (Å²) >= 11 is 3.53. The summed E-state index contributed by atoms with van der Waals surface area (Å²) < 4.78 is 17.0. The van der Waals surface area contributed by atoms with Gasteiger partial charge in [0.15, 0.2) is 0 Å². The first kappa shape index (κ1) is 14.9. The normalized spacial score (nSPS) is 12.2. The number of ether oxygens (including phenoxy) is 2. The van der Waals surface area contributed by atoms with E-state index in [4.69, 9.17) is 13.9 Å². The SMILES string of the molecule is CNC(c1coc(C)c1)c1ccc(OC)c(Br)c1OC. The zero-order valence-electron chi connectivity index (χ0n) is 12.0. The predicted octanol–water partition coefficient (Wildman–Crippen LogP) is 3.68. The number of aryl methyl sites for hydroxylation is 1. The van der Waals surface area contributed by atoms with Crippen molar-refractivity contribution in [2.45, 2.75) is 13.0 Å². The summed E-state index contributed by atoms with van der Waals surface area (Å²) in [7, 11) is 5.19. The minimum absolute atomic E-state index is 0.00962. The van der Waals surface area contributed by atoms with Crippen LogP contribution in [0.1, 0.15) is 22.9 Å². The predicted molar refractivity (Wildman–Crippen MR) is 81.6 cm³/mol. The molecule has 0 aliphatic heterocycles. The van der Waals surface area contributed by atoms with Crippen LogP contribution in [0, 0.1) is 6.92 Å². The highest BCUT2D eigenvalue weighted by molar-refractivity contribution is 9.10. The second kappa shape index (κ2) is 6.33. The second-order valence-corrected chi connectivity index (χ2v) is 5.21. The quantitative estimate of drug-likeness (QED) is 0.902. The molecule has 1 aromatic heterocycles. The Morgan fingerprint density at radius 1 is 1.25 bits per heavy atom. The van der Waals surface area contributed by atoms with Crippen molar-refractivity contribution >= 4 is 15.9 Å². The fraction of sp³-hybridized carbons (Fsp3) is 0.333. The van der Waals surface area contributed by atoms with Crippen molar-refractivity contribution in [2.24, 2.45) is 0 Å². The van der Waals surface area contributed by atoms with Gasteiger partial charge in [0.2, 0.25) is 0 Å². The molecule has 2 rings (SSSR count). The van der Waals surface area contributed by atoms with Crippen LogP contribution in [0.2, 0.25) is 0 Å². The Kier molecular flexibility index (Phi) is 4.73. The number of benzene rings is 1. The van der Waals surface area contributed by atoms with E-state index >= 15 is 0 Å². The first-order valence-electron chi connectivity index (χ1n) is 6.25. The van der Waals surface area contributed by atoms with E-state index in [0.717, 1.165) is 32.9 Å². The van der Waals surface area contributed by atoms with E-state index < -0.39 is 0 Å². The highest BCUT2D eigenvalue weighted by atomic mass is 79.9. The molecule has 1 aromatic carbocycles. The molecular formula is C15H18BrNO3. The average Bonchev–Trinajstić information content (AvgIpc) is 2.86. The van der Waals surface area contributed by atoms with Crippen LogP contribution in [0.3, 0.4) is 0 Å². The zero-order valence-corrected chi connectivity index (χ0v) is 13.6. The third-order valence-corrected chi connectivity index (χ3v) is 3.95. The van der Waals surface area contributed by atoms with Crippen LogP contribution in [0.15, 0.2) is 33.4 Å². The smallest absolute Gasteiger partial charge is 0.141 e. The molecule has 0 bridgehead atoms. The summed E-state index contributed by atoms with van der Waals surface area (Å²) in [5.74, 6) is 2.37. The van der Waals surface area contributed by atoms with Crippen molar-refractivity contribution in [2.75, 3.05) is 21.3 Å². The van der Waals surface area contributed by atoms with Gasteiger partial charge in [-0.25, -0.2) is 0 Å². The van der Waals surface area contributed by atoms with E-state index in [1.54, 1.807) is 20.5 Å². The molecule has 4 nitrogen and oxygen atoms in total. The van der Waals surface area contributed by atoms with Gasteiger partial charge in [-0.15, -0.1) is 0 Å². The Balaban J connectivity index is 2.52. The molecule has 1 N–H and O–H groups in total. The molecule has 108 valence electrons. The third-order valence-electron chi connectivity index (χ3n) is 3.20. The third kappa shape index (κ3) is 2.69.